The normalized spacial score (nSPS) is 21.6. The summed E-state index contributed by atoms with van der Waals surface area (Å²) in [5.41, 5.74) is -1.46. The molecule has 1 saturated heterocycles. The average Bonchev–Trinajstić information content (AvgIpc) is 2.62. The van der Waals surface area contributed by atoms with E-state index >= 15 is 4.39 Å². The maximum Gasteiger partial charge on any atom is 0.243 e. The van der Waals surface area contributed by atoms with E-state index in [1.54, 1.807) is 36.4 Å². The third kappa shape index (κ3) is 3.41. The van der Waals surface area contributed by atoms with Crippen LogP contribution in [0.15, 0.2) is 53.4 Å². The molecule has 4 nitrogen and oxygen atoms in total. The van der Waals surface area contributed by atoms with E-state index in [2.05, 4.69) is 0 Å². The third-order valence-electron chi connectivity index (χ3n) is 4.34. The summed E-state index contributed by atoms with van der Waals surface area (Å²) < 4.78 is 55.7. The molecular formula is C18H16F2N2O2S. The van der Waals surface area contributed by atoms with Gasteiger partial charge in [0, 0.05) is 6.54 Å². The highest BCUT2D eigenvalue weighted by Gasteiger charge is 2.41. The van der Waals surface area contributed by atoms with E-state index in [9.17, 15) is 12.8 Å². The smallest absolute Gasteiger partial charge is 0.237 e. The fraction of sp³-hybridized carbons (Fsp3) is 0.278. The molecule has 0 N–H and O–H groups in total. The van der Waals surface area contributed by atoms with Crippen LogP contribution in [0.1, 0.15) is 24.0 Å². The summed E-state index contributed by atoms with van der Waals surface area (Å²) in [5.74, 6) is -0.816. The molecule has 0 amide bonds. The van der Waals surface area contributed by atoms with Crippen LogP contribution >= 0.6 is 0 Å². The van der Waals surface area contributed by atoms with Gasteiger partial charge in [0.05, 0.1) is 23.1 Å². The third-order valence-corrected chi connectivity index (χ3v) is 6.16. The van der Waals surface area contributed by atoms with Crippen molar-refractivity contribution in [3.05, 3.63) is 65.5 Å². The van der Waals surface area contributed by atoms with Crippen LogP contribution in [-0.2, 0) is 15.7 Å². The first-order valence-corrected chi connectivity index (χ1v) is 9.24. The molecule has 1 fully saturated rings. The van der Waals surface area contributed by atoms with Crippen LogP contribution in [0, 0.1) is 17.1 Å². The Kier molecular flexibility index (Phi) is 4.58. The molecule has 2 aromatic rings. The Bertz CT molecular complexity index is 926. The summed E-state index contributed by atoms with van der Waals surface area (Å²) in [6.45, 7) is -0.184. The number of alkyl halides is 1. The molecule has 3 rings (SSSR count). The van der Waals surface area contributed by atoms with Gasteiger partial charge in [-0.15, -0.1) is 0 Å². The lowest BCUT2D eigenvalue weighted by Crippen LogP contribution is -2.46. The van der Waals surface area contributed by atoms with Crippen LogP contribution in [0.2, 0.25) is 0 Å². The topological polar surface area (TPSA) is 61.2 Å². The summed E-state index contributed by atoms with van der Waals surface area (Å²) in [6.07, 6.45) is 0.570. The SMILES string of the molecule is N#Cc1cc(F)cc(S(=O)(=O)N2CCCC(F)(c3ccccc3)C2)c1. The highest BCUT2D eigenvalue weighted by molar-refractivity contribution is 7.89. The van der Waals surface area contributed by atoms with Crippen molar-refractivity contribution >= 4 is 10.0 Å². The quantitative estimate of drug-likeness (QED) is 0.841. The molecule has 0 bridgehead atoms. The predicted molar refractivity (Wildman–Crippen MR) is 88.3 cm³/mol. The molecule has 7 heteroatoms. The standard InChI is InChI=1S/C18H16F2N2O2S/c19-16-9-14(12-21)10-17(11-16)25(23,24)22-8-4-7-18(20,13-22)15-5-2-1-3-6-15/h1-3,5-6,9-11H,4,7-8,13H2. The number of hydrogen-bond acceptors (Lipinski definition) is 3. The molecule has 0 aliphatic carbocycles. The number of hydrogen-bond donors (Lipinski definition) is 0. The summed E-state index contributed by atoms with van der Waals surface area (Å²) >= 11 is 0. The highest BCUT2D eigenvalue weighted by atomic mass is 32.2. The number of rotatable bonds is 3. The lowest BCUT2D eigenvalue weighted by Gasteiger charge is -2.37. The van der Waals surface area contributed by atoms with Crippen molar-refractivity contribution < 1.29 is 17.2 Å². The highest BCUT2D eigenvalue weighted by Crippen LogP contribution is 2.37. The molecule has 0 saturated carbocycles. The van der Waals surface area contributed by atoms with Crippen molar-refractivity contribution in [3.8, 4) is 6.07 Å². The number of sulfonamides is 1. The number of nitriles is 1. The zero-order valence-electron chi connectivity index (χ0n) is 13.3. The Morgan fingerprint density at radius 1 is 1.16 bits per heavy atom. The molecule has 2 aromatic carbocycles. The van der Waals surface area contributed by atoms with E-state index in [0.717, 1.165) is 22.5 Å². The minimum Gasteiger partial charge on any atom is -0.237 e. The van der Waals surface area contributed by atoms with Crippen LogP contribution < -0.4 is 0 Å². The second kappa shape index (κ2) is 6.54. The lowest BCUT2D eigenvalue weighted by atomic mass is 9.88. The molecular weight excluding hydrogens is 346 g/mol. The Morgan fingerprint density at radius 2 is 1.88 bits per heavy atom. The Morgan fingerprint density at radius 3 is 2.56 bits per heavy atom. The molecule has 1 atom stereocenters. The monoisotopic (exact) mass is 362 g/mol. The summed E-state index contributed by atoms with van der Waals surface area (Å²) in [6, 6.07) is 13.1. The van der Waals surface area contributed by atoms with Crippen molar-refractivity contribution in [1.82, 2.24) is 4.31 Å². The fourth-order valence-electron chi connectivity index (χ4n) is 3.08. The molecule has 1 aliphatic rings. The van der Waals surface area contributed by atoms with E-state index in [-0.39, 0.29) is 30.0 Å². The van der Waals surface area contributed by atoms with Crippen LogP contribution in [0.25, 0.3) is 0 Å². The Hall–Kier alpha value is -2.30. The minimum absolute atomic E-state index is 0.0924. The zero-order valence-corrected chi connectivity index (χ0v) is 14.1. The molecule has 130 valence electrons. The van der Waals surface area contributed by atoms with Crippen molar-refractivity contribution in [2.75, 3.05) is 13.1 Å². The van der Waals surface area contributed by atoms with Gasteiger partial charge in [-0.1, -0.05) is 30.3 Å². The molecule has 1 unspecified atom stereocenters. The average molecular weight is 362 g/mol. The molecule has 1 aliphatic heterocycles. The van der Waals surface area contributed by atoms with Crippen LogP contribution in [0.5, 0.6) is 0 Å². The number of nitrogens with zero attached hydrogens (tertiary/aromatic N) is 2. The summed E-state index contributed by atoms with van der Waals surface area (Å²) in [7, 11) is -4.09. The van der Waals surface area contributed by atoms with Crippen molar-refractivity contribution in [3.63, 3.8) is 0 Å². The van der Waals surface area contributed by atoms with Gasteiger partial charge < -0.3 is 0 Å². The maximum atomic E-state index is 15.4. The maximum absolute atomic E-state index is 15.4. The van der Waals surface area contributed by atoms with Gasteiger partial charge in [0.15, 0.2) is 0 Å². The summed E-state index contributed by atoms with van der Waals surface area (Å²) in [5, 5.41) is 8.91. The molecule has 0 radical (unpaired) electrons. The van der Waals surface area contributed by atoms with Crippen molar-refractivity contribution in [2.24, 2.45) is 0 Å². The first-order chi connectivity index (χ1) is 11.8. The van der Waals surface area contributed by atoms with E-state index in [0.29, 0.717) is 12.0 Å². The fourth-order valence-corrected chi connectivity index (χ4v) is 4.66. The summed E-state index contributed by atoms with van der Waals surface area (Å²) in [4.78, 5) is -0.332. The minimum atomic E-state index is -4.09. The van der Waals surface area contributed by atoms with Gasteiger partial charge in [-0.3, -0.25) is 0 Å². The van der Waals surface area contributed by atoms with Crippen LogP contribution in [0.3, 0.4) is 0 Å². The predicted octanol–water partition coefficient (Wildman–Crippen LogP) is 3.35. The van der Waals surface area contributed by atoms with Gasteiger partial charge >= 0.3 is 0 Å². The van der Waals surface area contributed by atoms with Crippen molar-refractivity contribution in [2.45, 2.75) is 23.4 Å². The van der Waals surface area contributed by atoms with Crippen LogP contribution in [0.4, 0.5) is 8.78 Å². The molecule has 0 aromatic heterocycles. The van der Waals surface area contributed by atoms with E-state index in [1.165, 1.54) is 0 Å². The Labute approximate surface area is 145 Å². The van der Waals surface area contributed by atoms with Crippen LogP contribution in [-0.4, -0.2) is 25.8 Å². The molecule has 0 spiro atoms. The largest absolute Gasteiger partial charge is 0.243 e. The number of piperidine rings is 1. The van der Waals surface area contributed by atoms with Gasteiger partial charge in [0.2, 0.25) is 10.0 Å². The Balaban J connectivity index is 1.96. The first-order valence-electron chi connectivity index (χ1n) is 7.80. The molecule has 1 heterocycles. The van der Waals surface area contributed by atoms with Crippen molar-refractivity contribution in [1.29, 1.82) is 5.26 Å². The zero-order chi connectivity index (χ0) is 18.1. The van der Waals surface area contributed by atoms with E-state index < -0.39 is 21.5 Å². The second-order valence-electron chi connectivity index (χ2n) is 6.06. The van der Waals surface area contributed by atoms with E-state index in [4.69, 9.17) is 5.26 Å². The lowest BCUT2D eigenvalue weighted by molar-refractivity contribution is 0.0815. The van der Waals surface area contributed by atoms with Gasteiger partial charge in [-0.05, 0) is 36.6 Å². The van der Waals surface area contributed by atoms with Gasteiger partial charge in [0.1, 0.15) is 11.5 Å². The second-order valence-corrected chi connectivity index (χ2v) is 8.00. The van der Waals surface area contributed by atoms with Gasteiger partial charge in [0.25, 0.3) is 0 Å². The van der Waals surface area contributed by atoms with Gasteiger partial charge in [-0.25, -0.2) is 17.2 Å². The first kappa shape index (κ1) is 17.5. The molecule has 25 heavy (non-hydrogen) atoms. The number of halogens is 2. The number of benzene rings is 2. The van der Waals surface area contributed by atoms with Gasteiger partial charge in [-0.2, -0.15) is 9.57 Å². The van der Waals surface area contributed by atoms with E-state index in [1.807, 2.05) is 0 Å².